The second kappa shape index (κ2) is 8.28. The first-order valence-corrected chi connectivity index (χ1v) is 10.2. The largest absolute Gasteiger partial charge is 0.497 e. The van der Waals surface area contributed by atoms with Gasteiger partial charge < -0.3 is 10.1 Å². The molecule has 3 nitrogen and oxygen atoms in total. The van der Waals surface area contributed by atoms with Crippen LogP contribution in [0.1, 0.15) is 28.3 Å². The van der Waals surface area contributed by atoms with Crippen LogP contribution in [-0.2, 0) is 6.42 Å². The van der Waals surface area contributed by atoms with Crippen molar-refractivity contribution in [2.45, 2.75) is 26.3 Å². The van der Waals surface area contributed by atoms with E-state index in [2.05, 4.69) is 64.4 Å². The number of amidine groups is 1. The summed E-state index contributed by atoms with van der Waals surface area (Å²) < 4.78 is 6.52. The van der Waals surface area contributed by atoms with E-state index in [9.17, 15) is 0 Å². The van der Waals surface area contributed by atoms with Gasteiger partial charge in [-0.15, -0.1) is 0 Å². The van der Waals surface area contributed by atoms with E-state index in [0.29, 0.717) is 0 Å². The summed E-state index contributed by atoms with van der Waals surface area (Å²) in [7, 11) is 1.70. The molecule has 0 saturated heterocycles. The smallest absolute Gasteiger partial charge is 0.157 e. The lowest BCUT2D eigenvalue weighted by molar-refractivity contribution is 0.413. The van der Waals surface area contributed by atoms with Crippen LogP contribution in [-0.4, -0.2) is 24.6 Å². The zero-order valence-electron chi connectivity index (χ0n) is 14.8. The number of aryl methyl sites for hydroxylation is 2. The van der Waals surface area contributed by atoms with Gasteiger partial charge in [0.05, 0.1) is 19.7 Å². The van der Waals surface area contributed by atoms with Crippen LogP contribution < -0.4 is 10.1 Å². The van der Waals surface area contributed by atoms with Gasteiger partial charge in [-0.1, -0.05) is 57.0 Å². The molecule has 0 spiro atoms. The molecule has 1 aliphatic rings. The van der Waals surface area contributed by atoms with Crippen molar-refractivity contribution in [1.82, 2.24) is 5.32 Å². The summed E-state index contributed by atoms with van der Waals surface area (Å²) in [6.45, 7) is 5.19. The second-order valence-corrected chi connectivity index (χ2v) is 8.26. The SMILES string of the molecule is COc1ccc(Br)c(C(Cc2cc(C)cc(C)c2)NC2=NCCS2)c1. The minimum Gasteiger partial charge on any atom is -0.497 e. The zero-order chi connectivity index (χ0) is 17.8. The summed E-state index contributed by atoms with van der Waals surface area (Å²) in [5.74, 6) is 1.92. The zero-order valence-corrected chi connectivity index (χ0v) is 17.2. The molecular weight excluding hydrogens is 396 g/mol. The van der Waals surface area contributed by atoms with Crippen LogP contribution in [0.4, 0.5) is 0 Å². The van der Waals surface area contributed by atoms with Crippen LogP contribution in [0.15, 0.2) is 45.9 Å². The van der Waals surface area contributed by atoms with Crippen molar-refractivity contribution in [2.75, 3.05) is 19.4 Å². The fraction of sp³-hybridized carbons (Fsp3) is 0.350. The molecule has 2 aromatic carbocycles. The molecule has 3 rings (SSSR count). The van der Waals surface area contributed by atoms with Crippen molar-refractivity contribution in [2.24, 2.45) is 4.99 Å². The van der Waals surface area contributed by atoms with Gasteiger partial charge >= 0.3 is 0 Å². The Hall–Kier alpha value is -1.46. The van der Waals surface area contributed by atoms with E-state index >= 15 is 0 Å². The Balaban J connectivity index is 1.94. The fourth-order valence-electron chi connectivity index (χ4n) is 3.15. The molecule has 0 radical (unpaired) electrons. The molecule has 25 heavy (non-hydrogen) atoms. The van der Waals surface area contributed by atoms with Crippen LogP contribution in [0.3, 0.4) is 0 Å². The third-order valence-electron chi connectivity index (χ3n) is 4.18. The number of halogens is 1. The van der Waals surface area contributed by atoms with Gasteiger partial charge in [-0.25, -0.2) is 0 Å². The Bertz CT molecular complexity index is 771. The van der Waals surface area contributed by atoms with Crippen molar-refractivity contribution in [3.63, 3.8) is 0 Å². The standard InChI is InChI=1S/C20H23BrN2OS/c1-13-8-14(2)10-15(9-13)11-19(23-20-22-6-7-25-20)17-12-16(24-3)4-5-18(17)21/h4-5,8-10,12,19H,6-7,11H2,1-3H3,(H,22,23). The number of ether oxygens (including phenoxy) is 1. The molecule has 0 bridgehead atoms. The van der Waals surface area contributed by atoms with Gasteiger partial charge in [0.1, 0.15) is 5.75 Å². The number of nitrogens with one attached hydrogen (secondary N) is 1. The molecule has 0 saturated carbocycles. The summed E-state index contributed by atoms with van der Waals surface area (Å²) in [6.07, 6.45) is 0.897. The van der Waals surface area contributed by atoms with Crippen LogP contribution in [0.5, 0.6) is 5.75 Å². The van der Waals surface area contributed by atoms with E-state index < -0.39 is 0 Å². The lowest BCUT2D eigenvalue weighted by Gasteiger charge is -2.22. The maximum absolute atomic E-state index is 5.43. The van der Waals surface area contributed by atoms with Crippen molar-refractivity contribution >= 4 is 32.9 Å². The molecule has 5 heteroatoms. The first-order chi connectivity index (χ1) is 12.0. The Morgan fingerprint density at radius 2 is 1.96 bits per heavy atom. The first-order valence-electron chi connectivity index (χ1n) is 8.39. The van der Waals surface area contributed by atoms with Gasteiger partial charge in [0.25, 0.3) is 0 Å². The maximum Gasteiger partial charge on any atom is 0.157 e. The number of methoxy groups -OCH3 is 1. The number of benzene rings is 2. The fourth-order valence-corrected chi connectivity index (χ4v) is 4.46. The molecule has 1 N–H and O–H groups in total. The molecule has 1 aliphatic heterocycles. The van der Waals surface area contributed by atoms with Gasteiger partial charge in [0.15, 0.2) is 5.17 Å². The second-order valence-electron chi connectivity index (χ2n) is 6.32. The topological polar surface area (TPSA) is 33.6 Å². The highest BCUT2D eigenvalue weighted by molar-refractivity contribution is 9.10. The molecule has 1 atom stereocenters. The molecule has 0 aliphatic carbocycles. The average Bonchev–Trinajstić information content (AvgIpc) is 3.07. The predicted octanol–water partition coefficient (Wildman–Crippen LogP) is 5.05. The third-order valence-corrected chi connectivity index (χ3v) is 5.81. The highest BCUT2D eigenvalue weighted by atomic mass is 79.9. The molecular formula is C20H23BrN2OS. The molecule has 0 amide bonds. The van der Waals surface area contributed by atoms with E-state index in [-0.39, 0.29) is 6.04 Å². The Morgan fingerprint density at radius 1 is 1.20 bits per heavy atom. The summed E-state index contributed by atoms with van der Waals surface area (Å²) in [5, 5.41) is 4.67. The van der Waals surface area contributed by atoms with Crippen LogP contribution in [0.25, 0.3) is 0 Å². The number of nitrogens with zero attached hydrogens (tertiary/aromatic N) is 1. The van der Waals surface area contributed by atoms with E-state index in [4.69, 9.17) is 4.74 Å². The van der Waals surface area contributed by atoms with Crippen molar-refractivity contribution < 1.29 is 4.74 Å². The molecule has 132 valence electrons. The molecule has 1 unspecified atom stereocenters. The number of aliphatic imine (C=N–C) groups is 1. The minimum atomic E-state index is 0.134. The van der Waals surface area contributed by atoms with Crippen LogP contribution >= 0.6 is 27.7 Å². The van der Waals surface area contributed by atoms with Crippen molar-refractivity contribution in [3.8, 4) is 5.75 Å². The summed E-state index contributed by atoms with van der Waals surface area (Å²) in [4.78, 5) is 4.57. The maximum atomic E-state index is 5.43. The van der Waals surface area contributed by atoms with E-state index in [1.807, 2.05) is 12.1 Å². The number of thioether (sulfide) groups is 1. The van der Waals surface area contributed by atoms with Gasteiger partial charge in [0, 0.05) is 10.2 Å². The quantitative estimate of drug-likeness (QED) is 0.737. The molecule has 1 heterocycles. The van der Waals surface area contributed by atoms with Gasteiger partial charge in [-0.2, -0.15) is 0 Å². The number of hydrogen-bond acceptors (Lipinski definition) is 4. The minimum absolute atomic E-state index is 0.134. The Morgan fingerprint density at radius 3 is 2.60 bits per heavy atom. The van der Waals surface area contributed by atoms with E-state index in [0.717, 1.165) is 34.1 Å². The van der Waals surface area contributed by atoms with Crippen molar-refractivity contribution in [3.05, 3.63) is 63.1 Å². The van der Waals surface area contributed by atoms with Gasteiger partial charge in [-0.05, 0) is 49.6 Å². The lowest BCUT2D eigenvalue weighted by Crippen LogP contribution is -2.27. The summed E-state index contributed by atoms with van der Waals surface area (Å²) in [5.41, 5.74) is 5.11. The lowest BCUT2D eigenvalue weighted by atomic mass is 9.96. The Labute approximate surface area is 162 Å². The van der Waals surface area contributed by atoms with Gasteiger partial charge in [-0.3, -0.25) is 4.99 Å². The predicted molar refractivity (Wildman–Crippen MR) is 111 cm³/mol. The van der Waals surface area contributed by atoms with Crippen LogP contribution in [0, 0.1) is 13.8 Å². The van der Waals surface area contributed by atoms with E-state index in [1.54, 1.807) is 18.9 Å². The third kappa shape index (κ3) is 4.79. The highest BCUT2D eigenvalue weighted by Crippen LogP contribution is 2.31. The number of hydrogen-bond donors (Lipinski definition) is 1. The Kier molecular flexibility index (Phi) is 6.07. The summed E-state index contributed by atoms with van der Waals surface area (Å²) >= 11 is 5.50. The summed E-state index contributed by atoms with van der Waals surface area (Å²) in [6, 6.07) is 13.0. The first kappa shape index (κ1) is 18.3. The molecule has 0 aromatic heterocycles. The monoisotopic (exact) mass is 418 g/mol. The number of rotatable bonds is 5. The highest BCUT2D eigenvalue weighted by Gasteiger charge is 2.20. The van der Waals surface area contributed by atoms with Crippen molar-refractivity contribution in [1.29, 1.82) is 0 Å². The average molecular weight is 419 g/mol. The molecule has 0 fully saturated rings. The normalized spacial score (nSPS) is 15.0. The van der Waals surface area contributed by atoms with E-state index in [1.165, 1.54) is 22.3 Å². The van der Waals surface area contributed by atoms with Gasteiger partial charge in [0.2, 0.25) is 0 Å². The molecule has 2 aromatic rings. The van der Waals surface area contributed by atoms with Crippen LogP contribution in [0.2, 0.25) is 0 Å².